The maximum atomic E-state index is 12.4. The number of likely N-dealkylation sites (N-methyl/N-ethyl adjacent to an activating group) is 1. The molecule has 2 N–H and O–H groups in total. The van der Waals surface area contributed by atoms with Crippen LogP contribution in [-0.2, 0) is 11.3 Å². The van der Waals surface area contributed by atoms with Crippen LogP contribution in [0, 0.1) is 5.41 Å². The number of H-pyrrole nitrogens is 1. The van der Waals surface area contributed by atoms with E-state index in [4.69, 9.17) is 0 Å². The smallest absolute Gasteiger partial charge is 0.345 e. The molecule has 10 nitrogen and oxygen atoms in total. The van der Waals surface area contributed by atoms with Gasteiger partial charge in [-0.2, -0.15) is 5.10 Å². The highest BCUT2D eigenvalue weighted by atomic mass is 16.5. The second kappa shape index (κ2) is 5.05. The molecule has 2 amide bonds. The molecule has 3 heterocycles. The van der Waals surface area contributed by atoms with Crippen molar-refractivity contribution in [1.82, 2.24) is 30.1 Å². The average molecular weight is 332 g/mol. The summed E-state index contributed by atoms with van der Waals surface area (Å²) < 4.78 is 5.89. The van der Waals surface area contributed by atoms with Crippen LogP contribution in [0.25, 0.3) is 0 Å². The van der Waals surface area contributed by atoms with Gasteiger partial charge in [0.15, 0.2) is 5.82 Å². The SMILES string of the molecule is CN1CC(NC(=O)c2ccn(Cc3noc(=O)[nH]3)n2)C2(CC2)C1=O. The quantitative estimate of drug-likeness (QED) is 0.736. The molecule has 4 rings (SSSR count). The van der Waals surface area contributed by atoms with E-state index >= 15 is 0 Å². The summed E-state index contributed by atoms with van der Waals surface area (Å²) in [6.07, 6.45) is 3.24. The van der Waals surface area contributed by atoms with Crippen LogP contribution in [0.5, 0.6) is 0 Å². The summed E-state index contributed by atoms with van der Waals surface area (Å²) in [6.45, 7) is 0.707. The Bertz CT molecular complexity index is 860. The summed E-state index contributed by atoms with van der Waals surface area (Å²) in [4.78, 5) is 39.5. The van der Waals surface area contributed by atoms with Gasteiger partial charge in [-0.25, -0.2) is 4.79 Å². The molecule has 1 saturated carbocycles. The molecule has 1 saturated heterocycles. The zero-order chi connectivity index (χ0) is 16.9. The van der Waals surface area contributed by atoms with Crippen molar-refractivity contribution in [2.45, 2.75) is 25.4 Å². The van der Waals surface area contributed by atoms with Crippen LogP contribution in [0.4, 0.5) is 0 Å². The normalized spacial score (nSPS) is 21.5. The van der Waals surface area contributed by atoms with E-state index in [1.165, 1.54) is 4.68 Å². The largest absolute Gasteiger partial charge is 0.438 e. The van der Waals surface area contributed by atoms with Crippen molar-refractivity contribution < 1.29 is 14.1 Å². The molecular weight excluding hydrogens is 316 g/mol. The molecule has 1 aliphatic heterocycles. The Morgan fingerprint density at radius 2 is 2.29 bits per heavy atom. The summed E-state index contributed by atoms with van der Waals surface area (Å²) in [5.74, 6) is -0.537. The molecule has 0 bridgehead atoms. The summed E-state index contributed by atoms with van der Waals surface area (Å²) in [5, 5.41) is 10.6. The Hall–Kier alpha value is -2.91. The number of nitrogens with zero attached hydrogens (tertiary/aromatic N) is 4. The average Bonchev–Trinajstić information content (AvgIpc) is 2.96. The highest BCUT2D eigenvalue weighted by molar-refractivity contribution is 5.95. The standard InChI is InChI=1S/C14H16N6O4/c1-19-6-9(14(3-4-14)12(19)22)15-11(21)8-2-5-20(17-8)7-10-16-13(23)24-18-10/h2,5,9H,3-4,6-7H2,1H3,(H,15,21)(H,16,18,23). The Morgan fingerprint density at radius 3 is 2.96 bits per heavy atom. The van der Waals surface area contributed by atoms with E-state index < -0.39 is 11.2 Å². The molecule has 2 aromatic rings. The number of aromatic nitrogens is 4. The second-order valence-electron chi connectivity index (χ2n) is 6.31. The predicted octanol–water partition coefficient (Wildman–Crippen LogP) is -1.04. The van der Waals surface area contributed by atoms with Gasteiger partial charge in [0, 0.05) is 19.8 Å². The second-order valence-corrected chi connectivity index (χ2v) is 6.31. The van der Waals surface area contributed by atoms with Crippen LogP contribution in [-0.4, -0.2) is 56.3 Å². The Kier molecular flexibility index (Phi) is 3.08. The Balaban J connectivity index is 1.44. The highest BCUT2D eigenvalue weighted by Crippen LogP contribution is 2.53. The zero-order valence-corrected chi connectivity index (χ0v) is 13.0. The number of aromatic amines is 1. The molecule has 1 aliphatic carbocycles. The van der Waals surface area contributed by atoms with E-state index in [2.05, 4.69) is 25.1 Å². The number of nitrogens with one attached hydrogen (secondary N) is 2. The number of carbonyl (C=O) groups excluding carboxylic acids is 2. The molecule has 1 atom stereocenters. The fourth-order valence-corrected chi connectivity index (χ4v) is 3.23. The maximum absolute atomic E-state index is 12.4. The summed E-state index contributed by atoms with van der Waals surface area (Å²) in [7, 11) is 1.75. The van der Waals surface area contributed by atoms with E-state index in [-0.39, 0.29) is 30.1 Å². The van der Waals surface area contributed by atoms with Crippen LogP contribution in [0.15, 0.2) is 21.6 Å². The molecule has 1 unspecified atom stereocenters. The number of carbonyl (C=O) groups is 2. The number of hydrogen-bond donors (Lipinski definition) is 2. The molecular formula is C14H16N6O4. The first-order valence-corrected chi connectivity index (χ1v) is 7.63. The van der Waals surface area contributed by atoms with Crippen molar-refractivity contribution in [3.63, 3.8) is 0 Å². The lowest BCUT2D eigenvalue weighted by Gasteiger charge is -2.16. The van der Waals surface area contributed by atoms with Crippen molar-refractivity contribution in [1.29, 1.82) is 0 Å². The number of rotatable bonds is 4. The van der Waals surface area contributed by atoms with E-state index in [0.717, 1.165) is 12.8 Å². The highest BCUT2D eigenvalue weighted by Gasteiger charge is 2.61. The maximum Gasteiger partial charge on any atom is 0.438 e. The van der Waals surface area contributed by atoms with Crippen LogP contribution in [0.3, 0.4) is 0 Å². The summed E-state index contributed by atoms with van der Waals surface area (Å²) in [5.41, 5.74) is -0.161. The predicted molar refractivity (Wildman–Crippen MR) is 79.0 cm³/mol. The fourth-order valence-electron chi connectivity index (χ4n) is 3.23. The lowest BCUT2D eigenvalue weighted by atomic mass is 10.00. The molecule has 126 valence electrons. The van der Waals surface area contributed by atoms with Crippen molar-refractivity contribution in [2.24, 2.45) is 5.41 Å². The van der Waals surface area contributed by atoms with E-state index in [1.807, 2.05) is 0 Å². The lowest BCUT2D eigenvalue weighted by Crippen LogP contribution is -2.42. The van der Waals surface area contributed by atoms with Crippen LogP contribution < -0.4 is 11.1 Å². The molecule has 0 radical (unpaired) electrons. The molecule has 2 aliphatic rings. The topological polar surface area (TPSA) is 126 Å². The van der Waals surface area contributed by atoms with Crippen molar-refractivity contribution in [3.8, 4) is 0 Å². The molecule has 10 heteroatoms. The number of amides is 2. The van der Waals surface area contributed by atoms with Crippen LogP contribution >= 0.6 is 0 Å². The number of hydrogen-bond acceptors (Lipinski definition) is 6. The van der Waals surface area contributed by atoms with Gasteiger partial charge in [-0.1, -0.05) is 5.16 Å². The van der Waals surface area contributed by atoms with Gasteiger partial charge in [-0.05, 0) is 18.9 Å². The first-order valence-electron chi connectivity index (χ1n) is 7.63. The van der Waals surface area contributed by atoms with Gasteiger partial charge >= 0.3 is 5.76 Å². The molecule has 2 fully saturated rings. The van der Waals surface area contributed by atoms with Gasteiger partial charge < -0.3 is 10.2 Å². The number of likely N-dealkylation sites (tertiary alicyclic amines) is 1. The third-order valence-electron chi connectivity index (χ3n) is 4.66. The van der Waals surface area contributed by atoms with Gasteiger partial charge in [0.25, 0.3) is 5.91 Å². The third-order valence-corrected chi connectivity index (χ3v) is 4.66. The monoisotopic (exact) mass is 332 g/mol. The lowest BCUT2D eigenvalue weighted by molar-refractivity contribution is -0.131. The minimum Gasteiger partial charge on any atom is -0.345 e. The molecule has 0 aromatic carbocycles. The van der Waals surface area contributed by atoms with Crippen LogP contribution in [0.2, 0.25) is 0 Å². The van der Waals surface area contributed by atoms with Gasteiger partial charge in [0.1, 0.15) is 12.2 Å². The Morgan fingerprint density at radius 1 is 1.50 bits per heavy atom. The van der Waals surface area contributed by atoms with E-state index in [9.17, 15) is 14.4 Å². The van der Waals surface area contributed by atoms with Crippen molar-refractivity contribution >= 4 is 11.8 Å². The van der Waals surface area contributed by atoms with Gasteiger partial charge in [-0.15, -0.1) is 0 Å². The first-order chi connectivity index (χ1) is 11.5. The van der Waals surface area contributed by atoms with Gasteiger partial charge in [-0.3, -0.25) is 23.8 Å². The minimum atomic E-state index is -0.639. The molecule has 2 aromatic heterocycles. The van der Waals surface area contributed by atoms with E-state index in [1.54, 1.807) is 24.2 Å². The van der Waals surface area contributed by atoms with Gasteiger partial charge in [0.05, 0.1) is 11.5 Å². The van der Waals surface area contributed by atoms with Crippen LogP contribution in [0.1, 0.15) is 29.2 Å². The summed E-state index contributed by atoms with van der Waals surface area (Å²) >= 11 is 0. The van der Waals surface area contributed by atoms with Crippen molar-refractivity contribution in [3.05, 3.63) is 34.3 Å². The first kappa shape index (κ1) is 14.7. The molecule has 1 spiro atoms. The summed E-state index contributed by atoms with van der Waals surface area (Å²) in [6, 6.07) is 1.40. The fraction of sp³-hybridized carbons (Fsp3) is 0.500. The van der Waals surface area contributed by atoms with E-state index in [0.29, 0.717) is 12.4 Å². The zero-order valence-electron chi connectivity index (χ0n) is 13.0. The Labute approximate surface area is 135 Å². The third kappa shape index (κ3) is 2.30. The van der Waals surface area contributed by atoms with Crippen molar-refractivity contribution in [2.75, 3.05) is 13.6 Å². The van der Waals surface area contributed by atoms with Gasteiger partial charge in [0.2, 0.25) is 5.91 Å². The molecule has 24 heavy (non-hydrogen) atoms. The minimum absolute atomic E-state index is 0.105.